The Morgan fingerprint density at radius 1 is 1.48 bits per heavy atom. The second-order valence-corrected chi connectivity index (χ2v) is 5.47. The number of halogens is 1. The van der Waals surface area contributed by atoms with Gasteiger partial charge in [0.15, 0.2) is 0 Å². The smallest absolute Gasteiger partial charge is 0.305 e. The maximum absolute atomic E-state index is 12.1. The van der Waals surface area contributed by atoms with Crippen molar-refractivity contribution in [2.45, 2.75) is 18.9 Å². The average Bonchev–Trinajstić information content (AvgIpc) is 2.86. The van der Waals surface area contributed by atoms with Crippen molar-refractivity contribution in [3.8, 4) is 5.75 Å². The van der Waals surface area contributed by atoms with E-state index in [0.29, 0.717) is 24.6 Å². The van der Waals surface area contributed by atoms with Gasteiger partial charge in [0.25, 0.3) is 0 Å². The van der Waals surface area contributed by atoms with Gasteiger partial charge in [0.1, 0.15) is 5.75 Å². The molecule has 21 heavy (non-hydrogen) atoms. The fourth-order valence-electron chi connectivity index (χ4n) is 2.61. The normalized spacial score (nSPS) is 19.6. The van der Waals surface area contributed by atoms with Crippen LogP contribution >= 0.6 is 11.6 Å². The molecule has 1 aliphatic heterocycles. The van der Waals surface area contributed by atoms with Crippen molar-refractivity contribution in [2.75, 3.05) is 19.5 Å². The summed E-state index contributed by atoms with van der Waals surface area (Å²) in [5.41, 5.74) is 0.793. The molecule has 1 aliphatic rings. The summed E-state index contributed by atoms with van der Waals surface area (Å²) in [7, 11) is 1.57. The number of hydrogen-bond donors (Lipinski definition) is 1. The lowest BCUT2D eigenvalue weighted by Gasteiger charge is -2.27. The van der Waals surface area contributed by atoms with Crippen molar-refractivity contribution >= 4 is 23.5 Å². The number of carboxylic acids is 1. The first-order valence-corrected chi connectivity index (χ1v) is 7.29. The lowest BCUT2D eigenvalue weighted by molar-refractivity contribution is -0.139. The van der Waals surface area contributed by atoms with E-state index in [-0.39, 0.29) is 18.2 Å². The zero-order chi connectivity index (χ0) is 15.4. The maximum Gasteiger partial charge on any atom is 0.305 e. The van der Waals surface area contributed by atoms with Gasteiger partial charge in [-0.15, -0.1) is 11.6 Å². The number of amides is 1. The SMILES string of the molecule is COc1ccc(C(CC(=O)O)N2CC(CCl)CC2=O)cc1. The number of carbonyl (C=O) groups is 2. The highest BCUT2D eigenvalue weighted by molar-refractivity contribution is 6.18. The van der Waals surface area contributed by atoms with E-state index in [2.05, 4.69) is 0 Å². The number of carboxylic acid groups (broad SMARTS) is 1. The van der Waals surface area contributed by atoms with E-state index >= 15 is 0 Å². The van der Waals surface area contributed by atoms with Crippen LogP contribution in [0, 0.1) is 5.92 Å². The van der Waals surface area contributed by atoms with E-state index in [1.807, 2.05) is 0 Å². The highest BCUT2D eigenvalue weighted by Crippen LogP contribution is 2.32. The van der Waals surface area contributed by atoms with Gasteiger partial charge in [0, 0.05) is 18.8 Å². The van der Waals surface area contributed by atoms with Gasteiger partial charge in [-0.1, -0.05) is 12.1 Å². The molecule has 1 N–H and O–H groups in total. The Labute approximate surface area is 128 Å². The predicted octanol–water partition coefficient (Wildman–Crippen LogP) is 2.30. The van der Waals surface area contributed by atoms with Crippen LogP contribution in [0.5, 0.6) is 5.75 Å². The van der Waals surface area contributed by atoms with Crippen molar-refractivity contribution in [3.63, 3.8) is 0 Å². The summed E-state index contributed by atoms with van der Waals surface area (Å²) < 4.78 is 5.10. The number of benzene rings is 1. The third kappa shape index (κ3) is 3.67. The highest BCUT2D eigenvalue weighted by atomic mass is 35.5. The standard InChI is InChI=1S/C15H18ClNO4/c1-21-12-4-2-11(3-5-12)13(7-15(19)20)17-9-10(8-16)6-14(17)18/h2-5,10,13H,6-9H2,1H3,(H,19,20). The van der Waals surface area contributed by atoms with Crippen LogP contribution in [0.1, 0.15) is 24.4 Å². The van der Waals surface area contributed by atoms with Crippen LogP contribution in [0.25, 0.3) is 0 Å². The molecule has 1 aromatic rings. The Hall–Kier alpha value is -1.75. The number of alkyl halides is 1. The molecule has 0 saturated carbocycles. The number of aliphatic carboxylic acids is 1. The summed E-state index contributed by atoms with van der Waals surface area (Å²) in [5, 5.41) is 9.13. The minimum Gasteiger partial charge on any atom is -0.497 e. The molecule has 0 aromatic heterocycles. The number of likely N-dealkylation sites (tertiary alicyclic amines) is 1. The zero-order valence-corrected chi connectivity index (χ0v) is 12.5. The largest absolute Gasteiger partial charge is 0.497 e. The zero-order valence-electron chi connectivity index (χ0n) is 11.8. The van der Waals surface area contributed by atoms with E-state index < -0.39 is 12.0 Å². The molecule has 0 spiro atoms. The predicted molar refractivity (Wildman–Crippen MR) is 78.5 cm³/mol. The molecular formula is C15H18ClNO4. The number of ether oxygens (including phenoxy) is 1. The number of nitrogens with zero attached hydrogens (tertiary/aromatic N) is 1. The Kier molecular flexibility index (Phi) is 5.07. The fraction of sp³-hybridized carbons (Fsp3) is 0.467. The van der Waals surface area contributed by atoms with E-state index in [1.54, 1.807) is 36.3 Å². The van der Waals surface area contributed by atoms with Crippen molar-refractivity contribution in [1.29, 1.82) is 0 Å². The van der Waals surface area contributed by atoms with Gasteiger partial charge in [-0.3, -0.25) is 9.59 Å². The van der Waals surface area contributed by atoms with Crippen LogP contribution in [-0.2, 0) is 9.59 Å². The number of methoxy groups -OCH3 is 1. The molecule has 2 rings (SSSR count). The molecule has 114 valence electrons. The maximum atomic E-state index is 12.1. The molecular weight excluding hydrogens is 294 g/mol. The Morgan fingerprint density at radius 2 is 2.14 bits per heavy atom. The number of hydrogen-bond acceptors (Lipinski definition) is 3. The Morgan fingerprint density at radius 3 is 2.62 bits per heavy atom. The lowest BCUT2D eigenvalue weighted by Crippen LogP contribution is -2.32. The summed E-state index contributed by atoms with van der Waals surface area (Å²) in [6.07, 6.45) is 0.267. The topological polar surface area (TPSA) is 66.8 Å². The molecule has 0 radical (unpaired) electrons. The van der Waals surface area contributed by atoms with E-state index in [4.69, 9.17) is 21.4 Å². The summed E-state index contributed by atoms with van der Waals surface area (Å²) in [6.45, 7) is 0.506. The first kappa shape index (κ1) is 15.6. The van der Waals surface area contributed by atoms with Crippen molar-refractivity contribution in [3.05, 3.63) is 29.8 Å². The summed E-state index contributed by atoms with van der Waals surface area (Å²) in [5.74, 6) is 0.221. The average molecular weight is 312 g/mol. The monoisotopic (exact) mass is 311 g/mol. The molecule has 2 unspecified atom stereocenters. The molecule has 1 heterocycles. The first-order valence-electron chi connectivity index (χ1n) is 6.76. The first-order chi connectivity index (χ1) is 10.0. The molecule has 6 heteroatoms. The van der Waals surface area contributed by atoms with Crippen molar-refractivity contribution in [1.82, 2.24) is 4.90 Å². The lowest BCUT2D eigenvalue weighted by atomic mass is 10.0. The van der Waals surface area contributed by atoms with Crippen molar-refractivity contribution in [2.24, 2.45) is 5.92 Å². The van der Waals surface area contributed by atoms with E-state index in [0.717, 1.165) is 5.56 Å². The van der Waals surface area contributed by atoms with Gasteiger partial charge in [-0.25, -0.2) is 0 Å². The van der Waals surface area contributed by atoms with Gasteiger partial charge in [-0.05, 0) is 23.6 Å². The summed E-state index contributed by atoms with van der Waals surface area (Å²) in [4.78, 5) is 24.9. The number of carbonyl (C=O) groups excluding carboxylic acids is 1. The van der Waals surface area contributed by atoms with Crippen LogP contribution in [0.15, 0.2) is 24.3 Å². The molecule has 1 amide bonds. The minimum atomic E-state index is -0.932. The van der Waals surface area contributed by atoms with Gasteiger partial charge >= 0.3 is 5.97 Å². The molecule has 1 saturated heterocycles. The quantitative estimate of drug-likeness (QED) is 0.819. The third-order valence-corrected chi connectivity index (χ3v) is 4.14. The third-order valence-electron chi connectivity index (χ3n) is 3.70. The van der Waals surface area contributed by atoms with Crippen LogP contribution in [0.2, 0.25) is 0 Å². The van der Waals surface area contributed by atoms with Crippen LogP contribution < -0.4 is 4.74 Å². The Bertz CT molecular complexity index is 517. The molecule has 2 atom stereocenters. The minimum absolute atomic E-state index is 0.0391. The van der Waals surface area contributed by atoms with Gasteiger partial charge in [0.05, 0.1) is 19.6 Å². The summed E-state index contributed by atoms with van der Waals surface area (Å²) in [6, 6.07) is 6.67. The van der Waals surface area contributed by atoms with Crippen LogP contribution in [0.3, 0.4) is 0 Å². The Balaban J connectivity index is 2.25. The molecule has 0 bridgehead atoms. The van der Waals surface area contributed by atoms with Crippen LogP contribution in [0.4, 0.5) is 0 Å². The fourth-order valence-corrected chi connectivity index (χ4v) is 2.82. The van der Waals surface area contributed by atoms with E-state index in [9.17, 15) is 9.59 Å². The number of rotatable bonds is 6. The van der Waals surface area contributed by atoms with Gasteiger partial charge in [0.2, 0.25) is 5.91 Å². The van der Waals surface area contributed by atoms with Crippen LogP contribution in [-0.4, -0.2) is 41.4 Å². The van der Waals surface area contributed by atoms with Gasteiger partial charge < -0.3 is 14.7 Å². The summed E-state index contributed by atoms with van der Waals surface area (Å²) >= 11 is 5.82. The molecule has 1 aromatic carbocycles. The molecule has 5 nitrogen and oxygen atoms in total. The van der Waals surface area contributed by atoms with Crippen molar-refractivity contribution < 1.29 is 19.4 Å². The molecule has 1 fully saturated rings. The van der Waals surface area contributed by atoms with Gasteiger partial charge in [-0.2, -0.15) is 0 Å². The second kappa shape index (κ2) is 6.80. The second-order valence-electron chi connectivity index (χ2n) is 5.16. The highest BCUT2D eigenvalue weighted by Gasteiger charge is 2.35. The molecule has 0 aliphatic carbocycles. The van der Waals surface area contributed by atoms with E-state index in [1.165, 1.54) is 0 Å².